The number of nitrogens with one attached hydrogen (secondary N) is 1. The van der Waals surface area contributed by atoms with Crippen LogP contribution in [0, 0.1) is 17.7 Å². The molecule has 4 rings (SSSR count). The number of aromatic nitrogens is 1. The van der Waals surface area contributed by atoms with Crippen LogP contribution >= 0.6 is 11.6 Å². The van der Waals surface area contributed by atoms with Crippen LogP contribution in [0.15, 0.2) is 54.7 Å². The third-order valence-corrected chi connectivity index (χ3v) is 6.43. The van der Waals surface area contributed by atoms with Crippen molar-refractivity contribution < 1.29 is 9.18 Å². The van der Waals surface area contributed by atoms with Gasteiger partial charge in [-0.15, -0.1) is 0 Å². The quantitative estimate of drug-likeness (QED) is 0.529. The number of hydrogen-bond donors (Lipinski definition) is 1. The first kappa shape index (κ1) is 19.8. The molecule has 150 valence electrons. The fourth-order valence-electron chi connectivity index (χ4n) is 4.43. The highest BCUT2D eigenvalue weighted by Gasteiger charge is 2.30. The van der Waals surface area contributed by atoms with Gasteiger partial charge in [-0.05, 0) is 91.6 Å². The van der Waals surface area contributed by atoms with E-state index < -0.39 is 0 Å². The molecule has 0 radical (unpaired) electrons. The summed E-state index contributed by atoms with van der Waals surface area (Å²) in [5.74, 6) is 0.492. The molecule has 1 N–H and O–H groups in total. The highest BCUT2D eigenvalue weighted by Crippen LogP contribution is 2.41. The molecule has 0 unspecified atom stereocenters. The van der Waals surface area contributed by atoms with Crippen molar-refractivity contribution in [2.45, 2.75) is 38.5 Å². The number of rotatable bonds is 4. The molecule has 0 aliphatic heterocycles. The summed E-state index contributed by atoms with van der Waals surface area (Å²) in [5.41, 5.74) is 2.78. The number of amides is 1. The normalized spacial score (nSPS) is 20.4. The Morgan fingerprint density at radius 3 is 2.55 bits per heavy atom. The second kappa shape index (κ2) is 8.50. The van der Waals surface area contributed by atoms with Crippen LogP contribution < -0.4 is 5.32 Å². The van der Waals surface area contributed by atoms with E-state index in [1.165, 1.54) is 11.6 Å². The smallest absolute Gasteiger partial charge is 0.227 e. The van der Waals surface area contributed by atoms with Gasteiger partial charge in [0.05, 0.1) is 5.52 Å². The van der Waals surface area contributed by atoms with Gasteiger partial charge in [0, 0.05) is 28.2 Å². The summed E-state index contributed by atoms with van der Waals surface area (Å²) in [7, 11) is 0. The van der Waals surface area contributed by atoms with Gasteiger partial charge in [0.25, 0.3) is 0 Å². The van der Waals surface area contributed by atoms with Crippen LogP contribution in [0.3, 0.4) is 0 Å². The predicted molar refractivity (Wildman–Crippen MR) is 116 cm³/mol. The van der Waals surface area contributed by atoms with E-state index >= 15 is 0 Å². The van der Waals surface area contributed by atoms with E-state index in [4.69, 9.17) is 11.6 Å². The van der Waals surface area contributed by atoms with E-state index in [1.807, 2.05) is 31.3 Å². The molecular weight excluding hydrogens is 386 g/mol. The van der Waals surface area contributed by atoms with Crippen LogP contribution in [-0.2, 0) is 4.79 Å². The number of anilines is 1. The summed E-state index contributed by atoms with van der Waals surface area (Å²) < 4.78 is 13.8. The van der Waals surface area contributed by atoms with Crippen molar-refractivity contribution in [3.63, 3.8) is 0 Å². The number of hydrogen-bond acceptors (Lipinski definition) is 2. The van der Waals surface area contributed by atoms with Crippen LogP contribution in [0.2, 0.25) is 5.02 Å². The highest BCUT2D eigenvalue weighted by molar-refractivity contribution is 6.30. The maximum atomic E-state index is 13.8. The molecule has 1 amide bonds. The van der Waals surface area contributed by atoms with Gasteiger partial charge >= 0.3 is 0 Å². The molecule has 2 aromatic carbocycles. The van der Waals surface area contributed by atoms with Crippen molar-refractivity contribution in [1.82, 2.24) is 4.98 Å². The minimum atomic E-state index is -0.229. The Morgan fingerprint density at radius 2 is 1.83 bits per heavy atom. The van der Waals surface area contributed by atoms with E-state index in [1.54, 1.807) is 24.3 Å². The van der Waals surface area contributed by atoms with Crippen molar-refractivity contribution in [2.24, 2.45) is 11.8 Å². The van der Waals surface area contributed by atoms with E-state index in [9.17, 15) is 9.18 Å². The van der Waals surface area contributed by atoms with Crippen LogP contribution in [0.1, 0.15) is 44.1 Å². The van der Waals surface area contributed by atoms with Crippen LogP contribution in [-0.4, -0.2) is 10.9 Å². The summed E-state index contributed by atoms with van der Waals surface area (Å²) in [4.78, 5) is 17.0. The summed E-state index contributed by atoms with van der Waals surface area (Å²) >= 11 is 5.90. The molecule has 1 aliphatic rings. The molecule has 1 aromatic heterocycles. The molecule has 1 heterocycles. The van der Waals surface area contributed by atoms with Crippen LogP contribution in [0.4, 0.5) is 10.1 Å². The number of nitrogens with zero attached hydrogens (tertiary/aromatic N) is 1. The Hall–Kier alpha value is -2.46. The van der Waals surface area contributed by atoms with E-state index in [2.05, 4.69) is 10.3 Å². The molecule has 1 saturated carbocycles. The third kappa shape index (κ3) is 4.43. The predicted octanol–water partition coefficient (Wildman–Crippen LogP) is 6.58. The van der Waals surface area contributed by atoms with Gasteiger partial charge < -0.3 is 5.32 Å². The second-order valence-electron chi connectivity index (χ2n) is 7.96. The Kier molecular flexibility index (Phi) is 5.81. The lowest BCUT2D eigenvalue weighted by molar-refractivity contribution is -0.121. The van der Waals surface area contributed by atoms with E-state index in [-0.39, 0.29) is 17.6 Å². The molecule has 3 nitrogen and oxygen atoms in total. The van der Waals surface area contributed by atoms with Gasteiger partial charge in [0.2, 0.25) is 5.91 Å². The van der Waals surface area contributed by atoms with Gasteiger partial charge in [-0.2, -0.15) is 0 Å². The summed E-state index contributed by atoms with van der Waals surface area (Å²) in [5, 5.41) is 4.55. The largest absolute Gasteiger partial charge is 0.326 e. The Morgan fingerprint density at radius 1 is 1.10 bits per heavy atom. The molecule has 1 aliphatic carbocycles. The summed E-state index contributed by atoms with van der Waals surface area (Å²) in [6.07, 6.45) is 5.78. The van der Waals surface area contributed by atoms with Crippen molar-refractivity contribution in [1.29, 1.82) is 0 Å². The minimum Gasteiger partial charge on any atom is -0.326 e. The SMILES string of the molecule is C[C@@H](C(=O)Nc1ccc(Cl)cc1)C1CCC(c2ccnc3ccc([18F])cc23)CC1. The molecular formula is C24H24ClFN2O. The maximum absolute atomic E-state index is 13.8. The van der Waals surface area contributed by atoms with Gasteiger partial charge in [-0.3, -0.25) is 9.78 Å². The number of fused-ring (bicyclic) bond motifs is 1. The highest BCUT2D eigenvalue weighted by atomic mass is 35.5. The van der Waals surface area contributed by atoms with Gasteiger partial charge in [-0.1, -0.05) is 18.5 Å². The van der Waals surface area contributed by atoms with E-state index in [0.29, 0.717) is 16.9 Å². The molecule has 0 spiro atoms. The zero-order valence-corrected chi connectivity index (χ0v) is 17.1. The topological polar surface area (TPSA) is 42.0 Å². The standard InChI is InChI=1S/C24H24ClFN2O/c1-15(24(29)28-20-9-6-18(25)7-10-20)16-2-4-17(5-3-16)21-12-13-27-23-11-8-19(26)14-22(21)23/h6-17H,2-5H2,1H3,(H,28,29)/t15-,16?,17?/m1/s1/i26-1. The minimum absolute atomic E-state index is 0.0483. The van der Waals surface area contributed by atoms with Crippen molar-refractivity contribution in [3.05, 3.63) is 71.1 Å². The number of halogens is 2. The zero-order valence-electron chi connectivity index (χ0n) is 16.4. The average Bonchev–Trinajstić information content (AvgIpc) is 2.74. The van der Waals surface area contributed by atoms with Gasteiger partial charge in [0.15, 0.2) is 0 Å². The molecule has 3 aromatic rings. The molecule has 0 bridgehead atoms. The van der Waals surface area contributed by atoms with Crippen molar-refractivity contribution in [3.8, 4) is 0 Å². The lowest BCUT2D eigenvalue weighted by Gasteiger charge is -2.32. The lowest BCUT2D eigenvalue weighted by Crippen LogP contribution is -2.29. The number of carbonyl (C=O) groups excluding carboxylic acids is 1. The first-order valence-corrected chi connectivity index (χ1v) is 10.5. The maximum Gasteiger partial charge on any atom is 0.227 e. The summed E-state index contributed by atoms with van der Waals surface area (Å²) in [6.45, 7) is 2.01. The first-order chi connectivity index (χ1) is 14.0. The van der Waals surface area contributed by atoms with Gasteiger partial charge in [0.1, 0.15) is 5.82 Å². The first-order valence-electron chi connectivity index (χ1n) is 10.1. The van der Waals surface area contributed by atoms with Crippen LogP contribution in [0.25, 0.3) is 10.9 Å². The molecule has 1 atom stereocenters. The molecule has 5 heteroatoms. The van der Waals surface area contributed by atoms with Crippen LogP contribution in [0.5, 0.6) is 0 Å². The Labute approximate surface area is 175 Å². The fourth-order valence-corrected chi connectivity index (χ4v) is 4.56. The monoisotopic (exact) mass is 409 g/mol. The Bertz CT molecular complexity index is 1010. The summed E-state index contributed by atoms with van der Waals surface area (Å²) in [6, 6.07) is 14.0. The molecule has 29 heavy (non-hydrogen) atoms. The fraction of sp³-hybridized carbons (Fsp3) is 0.333. The lowest BCUT2D eigenvalue weighted by atomic mass is 9.73. The average molecular weight is 410 g/mol. The second-order valence-corrected chi connectivity index (χ2v) is 8.39. The zero-order chi connectivity index (χ0) is 20.4. The molecule has 0 saturated heterocycles. The van der Waals surface area contributed by atoms with E-state index in [0.717, 1.165) is 42.3 Å². The Balaban J connectivity index is 1.41. The molecule has 1 fully saturated rings. The number of benzene rings is 2. The van der Waals surface area contributed by atoms with Crippen molar-refractivity contribution in [2.75, 3.05) is 5.32 Å². The number of carbonyl (C=O) groups is 1. The third-order valence-electron chi connectivity index (χ3n) is 6.18. The van der Waals surface area contributed by atoms with Crippen molar-refractivity contribution >= 4 is 34.1 Å². The number of pyridine rings is 1. The van der Waals surface area contributed by atoms with Gasteiger partial charge in [-0.25, -0.2) is 4.39 Å².